The molecule has 32 heavy (non-hydrogen) atoms. The molecule has 4 aromatic rings. The zero-order valence-corrected chi connectivity index (χ0v) is 19.0. The second kappa shape index (κ2) is 8.79. The summed E-state index contributed by atoms with van der Waals surface area (Å²) in [7, 11) is 0. The molecule has 3 aromatic carbocycles. The topological polar surface area (TPSA) is 37.3 Å². The molecule has 0 saturated carbocycles. The van der Waals surface area contributed by atoms with Crippen molar-refractivity contribution in [1.29, 1.82) is 0 Å². The number of aryl methyl sites for hydroxylation is 1. The molecule has 1 N–H and O–H groups in total. The van der Waals surface area contributed by atoms with Crippen molar-refractivity contribution < 1.29 is 4.79 Å². The molecule has 0 spiro atoms. The smallest absolute Gasteiger partial charge is 0.255 e. The largest absolute Gasteiger partial charge is 0.341 e. The van der Waals surface area contributed by atoms with Gasteiger partial charge in [0.1, 0.15) is 0 Å². The van der Waals surface area contributed by atoms with Gasteiger partial charge in [-0.1, -0.05) is 37.3 Å². The fourth-order valence-electron chi connectivity index (χ4n) is 4.92. The van der Waals surface area contributed by atoms with Crippen LogP contribution in [0.3, 0.4) is 0 Å². The van der Waals surface area contributed by atoms with Crippen LogP contribution in [0.25, 0.3) is 21.8 Å². The first-order chi connectivity index (χ1) is 15.6. The SMILES string of the molecule is CCn1c2ccccc2c2cc(NC(=O)c3ccc(CN4CCC(C)CC4)cc3)ccc21. The first-order valence-electron chi connectivity index (χ1n) is 11.8. The lowest BCUT2D eigenvalue weighted by atomic mass is 9.99. The number of nitrogens with one attached hydrogen (secondary N) is 1. The first-order valence-corrected chi connectivity index (χ1v) is 11.8. The number of benzene rings is 3. The molecule has 5 rings (SSSR count). The van der Waals surface area contributed by atoms with E-state index in [1.165, 1.54) is 53.3 Å². The van der Waals surface area contributed by atoms with Crippen molar-refractivity contribution in [3.05, 3.63) is 77.9 Å². The van der Waals surface area contributed by atoms with Crippen LogP contribution < -0.4 is 5.32 Å². The summed E-state index contributed by atoms with van der Waals surface area (Å²) in [5.74, 6) is 0.775. The summed E-state index contributed by atoms with van der Waals surface area (Å²) in [4.78, 5) is 15.4. The normalized spacial score (nSPS) is 15.4. The predicted octanol–water partition coefficient (Wildman–Crippen LogP) is 6.30. The summed E-state index contributed by atoms with van der Waals surface area (Å²) in [6.07, 6.45) is 2.56. The number of carbonyl (C=O) groups is 1. The number of anilines is 1. The number of likely N-dealkylation sites (tertiary alicyclic amines) is 1. The van der Waals surface area contributed by atoms with Gasteiger partial charge in [-0.25, -0.2) is 0 Å². The molecule has 164 valence electrons. The van der Waals surface area contributed by atoms with Crippen molar-refractivity contribution in [3.63, 3.8) is 0 Å². The van der Waals surface area contributed by atoms with Crippen LogP contribution >= 0.6 is 0 Å². The van der Waals surface area contributed by atoms with Crippen molar-refractivity contribution in [1.82, 2.24) is 9.47 Å². The third kappa shape index (κ3) is 4.03. The number of hydrogen-bond donors (Lipinski definition) is 1. The summed E-state index contributed by atoms with van der Waals surface area (Å²) in [5.41, 5.74) is 5.21. The molecule has 4 nitrogen and oxygen atoms in total. The number of piperidine rings is 1. The van der Waals surface area contributed by atoms with E-state index in [-0.39, 0.29) is 5.91 Å². The standard InChI is InChI=1S/C28H31N3O/c1-3-31-26-7-5-4-6-24(26)25-18-23(12-13-27(25)31)29-28(32)22-10-8-21(9-11-22)19-30-16-14-20(2)15-17-30/h4-13,18,20H,3,14-17,19H2,1-2H3,(H,29,32). The van der Waals surface area contributed by atoms with Crippen molar-refractivity contribution in [3.8, 4) is 0 Å². The molecule has 0 bridgehead atoms. The Morgan fingerprint density at radius 2 is 1.66 bits per heavy atom. The minimum atomic E-state index is -0.0677. The van der Waals surface area contributed by atoms with E-state index in [2.05, 4.69) is 77.2 Å². The highest BCUT2D eigenvalue weighted by atomic mass is 16.1. The fraction of sp³-hybridized carbons (Fsp3) is 0.321. The monoisotopic (exact) mass is 425 g/mol. The lowest BCUT2D eigenvalue weighted by Crippen LogP contribution is -2.32. The highest BCUT2D eigenvalue weighted by Gasteiger charge is 2.16. The average Bonchev–Trinajstić information content (AvgIpc) is 3.14. The summed E-state index contributed by atoms with van der Waals surface area (Å²) < 4.78 is 2.32. The number of fused-ring (bicyclic) bond motifs is 3. The van der Waals surface area contributed by atoms with E-state index in [0.717, 1.165) is 24.7 Å². The molecule has 0 atom stereocenters. The fourth-order valence-corrected chi connectivity index (χ4v) is 4.92. The Balaban J connectivity index is 1.32. The maximum atomic E-state index is 12.9. The van der Waals surface area contributed by atoms with E-state index in [1.54, 1.807) is 0 Å². The summed E-state index contributed by atoms with van der Waals surface area (Å²) >= 11 is 0. The minimum Gasteiger partial charge on any atom is -0.341 e. The molecule has 4 heteroatoms. The zero-order chi connectivity index (χ0) is 22.1. The van der Waals surface area contributed by atoms with Gasteiger partial charge in [0.25, 0.3) is 5.91 Å². The van der Waals surface area contributed by atoms with Crippen molar-refractivity contribution in [2.75, 3.05) is 18.4 Å². The molecule has 1 aliphatic heterocycles. The van der Waals surface area contributed by atoms with Gasteiger partial charge in [0.2, 0.25) is 0 Å². The Hall–Kier alpha value is -3.11. The average molecular weight is 426 g/mol. The van der Waals surface area contributed by atoms with Gasteiger partial charge in [0, 0.05) is 46.1 Å². The molecule has 1 amide bonds. The van der Waals surface area contributed by atoms with Gasteiger partial charge in [-0.3, -0.25) is 9.69 Å². The Morgan fingerprint density at radius 3 is 2.41 bits per heavy atom. The minimum absolute atomic E-state index is 0.0677. The van der Waals surface area contributed by atoms with Gasteiger partial charge in [-0.2, -0.15) is 0 Å². The molecular formula is C28H31N3O. The first kappa shape index (κ1) is 20.8. The third-order valence-corrected chi connectivity index (χ3v) is 6.85. The molecule has 0 aliphatic carbocycles. The molecule has 0 radical (unpaired) electrons. The van der Waals surface area contributed by atoms with Crippen molar-refractivity contribution in [2.45, 2.75) is 39.8 Å². The molecule has 2 heterocycles. The predicted molar refractivity (Wildman–Crippen MR) is 133 cm³/mol. The summed E-state index contributed by atoms with van der Waals surface area (Å²) in [5, 5.41) is 5.48. The van der Waals surface area contributed by atoms with Crippen molar-refractivity contribution >= 4 is 33.4 Å². The van der Waals surface area contributed by atoms with E-state index in [0.29, 0.717) is 5.56 Å². The Bertz CT molecular complexity index is 1250. The van der Waals surface area contributed by atoms with Crippen molar-refractivity contribution in [2.24, 2.45) is 5.92 Å². The van der Waals surface area contributed by atoms with E-state index in [4.69, 9.17) is 0 Å². The summed E-state index contributed by atoms with van der Waals surface area (Å²) in [6, 6.07) is 22.7. The number of aromatic nitrogens is 1. The molecule has 1 aliphatic rings. The Kier molecular flexibility index (Phi) is 5.71. The number of amides is 1. The van der Waals surface area contributed by atoms with E-state index in [9.17, 15) is 4.79 Å². The third-order valence-electron chi connectivity index (χ3n) is 6.85. The lowest BCUT2D eigenvalue weighted by Gasteiger charge is -2.30. The van der Waals surface area contributed by atoms with E-state index in [1.807, 2.05) is 18.2 Å². The van der Waals surface area contributed by atoms with Crippen LogP contribution in [0.2, 0.25) is 0 Å². The number of nitrogens with zero attached hydrogens (tertiary/aromatic N) is 2. The van der Waals surface area contributed by atoms with Gasteiger partial charge in [0.15, 0.2) is 0 Å². The number of hydrogen-bond acceptors (Lipinski definition) is 2. The van der Waals surface area contributed by atoms with Crippen LogP contribution in [0.4, 0.5) is 5.69 Å². The van der Waals surface area contributed by atoms with Gasteiger partial charge in [0.05, 0.1) is 0 Å². The van der Waals surface area contributed by atoms with E-state index < -0.39 is 0 Å². The van der Waals surface area contributed by atoms with Crippen LogP contribution in [-0.2, 0) is 13.1 Å². The second-order valence-electron chi connectivity index (χ2n) is 9.10. The van der Waals surface area contributed by atoms with Gasteiger partial charge < -0.3 is 9.88 Å². The second-order valence-corrected chi connectivity index (χ2v) is 9.10. The number of para-hydroxylation sites is 1. The quantitative estimate of drug-likeness (QED) is 0.407. The van der Waals surface area contributed by atoms with Crippen LogP contribution in [0.1, 0.15) is 42.6 Å². The molecule has 1 saturated heterocycles. The van der Waals surface area contributed by atoms with Crippen LogP contribution in [0.15, 0.2) is 66.7 Å². The van der Waals surface area contributed by atoms with Gasteiger partial charge >= 0.3 is 0 Å². The van der Waals surface area contributed by atoms with Crippen LogP contribution in [0, 0.1) is 5.92 Å². The maximum absolute atomic E-state index is 12.9. The lowest BCUT2D eigenvalue weighted by molar-refractivity contribution is 0.102. The molecule has 1 aromatic heterocycles. The molecule has 0 unspecified atom stereocenters. The highest BCUT2D eigenvalue weighted by Crippen LogP contribution is 2.31. The van der Waals surface area contributed by atoms with Gasteiger partial charge in [-0.05, 0) is 80.7 Å². The molecular weight excluding hydrogens is 394 g/mol. The number of carbonyl (C=O) groups excluding carboxylic acids is 1. The Morgan fingerprint density at radius 1 is 0.938 bits per heavy atom. The van der Waals surface area contributed by atoms with Crippen LogP contribution in [0.5, 0.6) is 0 Å². The molecule has 1 fully saturated rings. The maximum Gasteiger partial charge on any atom is 0.255 e. The highest BCUT2D eigenvalue weighted by molar-refractivity contribution is 6.11. The van der Waals surface area contributed by atoms with E-state index >= 15 is 0 Å². The Labute approximate surface area is 189 Å². The zero-order valence-electron chi connectivity index (χ0n) is 19.0. The summed E-state index contributed by atoms with van der Waals surface area (Å²) in [6.45, 7) is 8.72. The van der Waals surface area contributed by atoms with Crippen LogP contribution in [-0.4, -0.2) is 28.5 Å². The number of rotatable bonds is 5. The van der Waals surface area contributed by atoms with Gasteiger partial charge in [-0.15, -0.1) is 0 Å².